The highest BCUT2D eigenvalue weighted by molar-refractivity contribution is 6.00. The first kappa shape index (κ1) is 16.8. The van der Waals surface area contributed by atoms with Gasteiger partial charge in [0.05, 0.1) is 24.4 Å². The monoisotopic (exact) mass is 332 g/mol. The lowest BCUT2D eigenvalue weighted by Gasteiger charge is -2.42. The van der Waals surface area contributed by atoms with E-state index in [1.54, 1.807) is 11.8 Å². The molecule has 0 aromatic heterocycles. The standard InChI is InChI=1S/C18H24N2O4/c1-13-17(22)19(14-6-4-5-7-15(14)24-13)9-8-16(21)20-10-11-23-12-18(20,2)3/h4-7,13H,8-12H2,1-3H3/t13-/m0/s1. The number of carbonyl (C=O) groups is 2. The number of morpholine rings is 1. The minimum atomic E-state index is -0.533. The van der Waals surface area contributed by atoms with Crippen LogP contribution in [-0.2, 0) is 14.3 Å². The second kappa shape index (κ2) is 6.43. The predicted octanol–water partition coefficient (Wildman–Crippen LogP) is 1.83. The normalized spacial score (nSPS) is 22.8. The van der Waals surface area contributed by atoms with Crippen LogP contribution in [0.2, 0.25) is 0 Å². The van der Waals surface area contributed by atoms with Crippen LogP contribution in [0.25, 0.3) is 0 Å². The van der Waals surface area contributed by atoms with E-state index < -0.39 is 6.10 Å². The van der Waals surface area contributed by atoms with E-state index in [-0.39, 0.29) is 23.8 Å². The molecule has 0 spiro atoms. The molecule has 1 fully saturated rings. The molecular formula is C18H24N2O4. The number of hydrogen-bond donors (Lipinski definition) is 0. The highest BCUT2D eigenvalue weighted by Gasteiger charge is 2.35. The van der Waals surface area contributed by atoms with Gasteiger partial charge in [-0.2, -0.15) is 0 Å². The molecule has 24 heavy (non-hydrogen) atoms. The van der Waals surface area contributed by atoms with Gasteiger partial charge in [-0.15, -0.1) is 0 Å². The molecule has 2 amide bonds. The van der Waals surface area contributed by atoms with Crippen LogP contribution in [-0.4, -0.2) is 54.7 Å². The number of para-hydroxylation sites is 2. The van der Waals surface area contributed by atoms with E-state index in [1.165, 1.54) is 0 Å². The quantitative estimate of drug-likeness (QED) is 0.847. The molecule has 2 aliphatic heterocycles. The van der Waals surface area contributed by atoms with Crippen LogP contribution in [0.5, 0.6) is 5.75 Å². The van der Waals surface area contributed by atoms with Crippen LogP contribution in [0.4, 0.5) is 5.69 Å². The van der Waals surface area contributed by atoms with Gasteiger partial charge in [-0.05, 0) is 32.9 Å². The fourth-order valence-electron chi connectivity index (χ4n) is 3.25. The first-order valence-corrected chi connectivity index (χ1v) is 8.35. The molecule has 0 radical (unpaired) electrons. The number of carbonyl (C=O) groups excluding carboxylic acids is 2. The highest BCUT2D eigenvalue weighted by atomic mass is 16.5. The molecule has 0 N–H and O–H groups in total. The van der Waals surface area contributed by atoms with Crippen molar-refractivity contribution in [3.63, 3.8) is 0 Å². The second-order valence-corrected chi connectivity index (χ2v) is 6.88. The summed E-state index contributed by atoms with van der Waals surface area (Å²) in [5.41, 5.74) is 0.421. The van der Waals surface area contributed by atoms with Crippen molar-refractivity contribution >= 4 is 17.5 Å². The zero-order chi connectivity index (χ0) is 17.3. The van der Waals surface area contributed by atoms with Crippen LogP contribution >= 0.6 is 0 Å². The van der Waals surface area contributed by atoms with Crippen LogP contribution in [0.1, 0.15) is 27.2 Å². The first-order valence-electron chi connectivity index (χ1n) is 8.35. The van der Waals surface area contributed by atoms with Crippen molar-refractivity contribution in [3.8, 4) is 5.75 Å². The topological polar surface area (TPSA) is 59.1 Å². The number of hydrogen-bond acceptors (Lipinski definition) is 4. The van der Waals surface area contributed by atoms with Crippen LogP contribution in [0.3, 0.4) is 0 Å². The largest absolute Gasteiger partial charge is 0.479 e. The van der Waals surface area contributed by atoms with Gasteiger partial charge >= 0.3 is 0 Å². The zero-order valence-electron chi connectivity index (χ0n) is 14.4. The molecule has 0 unspecified atom stereocenters. The summed E-state index contributed by atoms with van der Waals surface area (Å²) in [5.74, 6) is 0.624. The number of anilines is 1. The first-order chi connectivity index (χ1) is 11.4. The van der Waals surface area contributed by atoms with E-state index in [4.69, 9.17) is 9.47 Å². The Labute approximate surface area is 142 Å². The Morgan fingerprint density at radius 1 is 1.33 bits per heavy atom. The summed E-state index contributed by atoms with van der Waals surface area (Å²) in [6, 6.07) is 7.44. The Bertz CT molecular complexity index is 644. The molecule has 1 aromatic rings. The summed E-state index contributed by atoms with van der Waals surface area (Å²) in [4.78, 5) is 28.6. The van der Waals surface area contributed by atoms with Gasteiger partial charge in [-0.3, -0.25) is 9.59 Å². The number of benzene rings is 1. The minimum Gasteiger partial charge on any atom is -0.479 e. The number of nitrogens with zero attached hydrogens (tertiary/aromatic N) is 2. The van der Waals surface area contributed by atoms with Crippen molar-refractivity contribution in [2.45, 2.75) is 38.8 Å². The molecule has 2 heterocycles. The molecule has 3 rings (SSSR count). The van der Waals surface area contributed by atoms with Gasteiger partial charge in [0.15, 0.2) is 6.10 Å². The second-order valence-electron chi connectivity index (χ2n) is 6.88. The molecule has 6 heteroatoms. The minimum absolute atomic E-state index is 0.0488. The Morgan fingerprint density at radius 3 is 2.83 bits per heavy atom. The number of fused-ring (bicyclic) bond motifs is 1. The molecule has 1 saturated heterocycles. The highest BCUT2D eigenvalue weighted by Crippen LogP contribution is 2.33. The maximum Gasteiger partial charge on any atom is 0.267 e. The summed E-state index contributed by atoms with van der Waals surface area (Å²) < 4.78 is 11.1. The van der Waals surface area contributed by atoms with Gasteiger partial charge < -0.3 is 19.3 Å². The van der Waals surface area contributed by atoms with Crippen LogP contribution < -0.4 is 9.64 Å². The third-order valence-corrected chi connectivity index (χ3v) is 4.57. The number of amides is 2. The van der Waals surface area contributed by atoms with Gasteiger partial charge in [0.25, 0.3) is 5.91 Å². The maximum absolute atomic E-state index is 12.7. The molecule has 0 bridgehead atoms. The fourth-order valence-corrected chi connectivity index (χ4v) is 3.25. The summed E-state index contributed by atoms with van der Waals surface area (Å²) >= 11 is 0. The zero-order valence-corrected chi connectivity index (χ0v) is 14.4. The Balaban J connectivity index is 1.72. The lowest BCUT2D eigenvalue weighted by Crippen LogP contribution is -2.56. The van der Waals surface area contributed by atoms with Crippen molar-refractivity contribution in [3.05, 3.63) is 24.3 Å². The Morgan fingerprint density at radius 2 is 2.08 bits per heavy atom. The lowest BCUT2D eigenvalue weighted by atomic mass is 10.0. The molecular weight excluding hydrogens is 308 g/mol. The van der Waals surface area contributed by atoms with Gasteiger partial charge in [0.2, 0.25) is 5.91 Å². The summed E-state index contributed by atoms with van der Waals surface area (Å²) in [6.45, 7) is 7.78. The van der Waals surface area contributed by atoms with Crippen LogP contribution in [0.15, 0.2) is 24.3 Å². The summed E-state index contributed by atoms with van der Waals surface area (Å²) in [6.07, 6.45) is -0.245. The lowest BCUT2D eigenvalue weighted by molar-refractivity contribution is -0.146. The molecule has 0 saturated carbocycles. The van der Waals surface area contributed by atoms with Crippen molar-refractivity contribution in [1.29, 1.82) is 0 Å². The third kappa shape index (κ3) is 3.11. The molecule has 6 nitrogen and oxygen atoms in total. The van der Waals surface area contributed by atoms with E-state index >= 15 is 0 Å². The van der Waals surface area contributed by atoms with Gasteiger partial charge in [0, 0.05) is 19.5 Å². The van der Waals surface area contributed by atoms with Crippen molar-refractivity contribution < 1.29 is 19.1 Å². The Hall–Kier alpha value is -2.08. The smallest absolute Gasteiger partial charge is 0.267 e. The van der Waals surface area contributed by atoms with Gasteiger partial charge in [0.1, 0.15) is 5.75 Å². The van der Waals surface area contributed by atoms with Gasteiger partial charge in [-0.25, -0.2) is 0 Å². The number of rotatable bonds is 3. The summed E-state index contributed by atoms with van der Waals surface area (Å²) in [5, 5.41) is 0. The Kier molecular flexibility index (Phi) is 4.49. The van der Waals surface area contributed by atoms with E-state index in [2.05, 4.69) is 0 Å². The SMILES string of the molecule is C[C@@H]1Oc2ccccc2N(CCC(=O)N2CCOCC2(C)C)C1=O. The molecule has 1 atom stereocenters. The molecule has 0 aliphatic carbocycles. The van der Waals surface area contributed by atoms with E-state index in [0.29, 0.717) is 32.1 Å². The number of ether oxygens (including phenoxy) is 2. The summed E-state index contributed by atoms with van der Waals surface area (Å²) in [7, 11) is 0. The third-order valence-electron chi connectivity index (χ3n) is 4.57. The fraction of sp³-hybridized carbons (Fsp3) is 0.556. The van der Waals surface area contributed by atoms with E-state index in [0.717, 1.165) is 5.69 Å². The maximum atomic E-state index is 12.7. The van der Waals surface area contributed by atoms with Crippen molar-refractivity contribution in [2.75, 3.05) is 31.2 Å². The van der Waals surface area contributed by atoms with Gasteiger partial charge in [-0.1, -0.05) is 12.1 Å². The van der Waals surface area contributed by atoms with Crippen LogP contribution in [0, 0.1) is 0 Å². The van der Waals surface area contributed by atoms with Crippen molar-refractivity contribution in [1.82, 2.24) is 4.90 Å². The molecule has 1 aromatic carbocycles. The van der Waals surface area contributed by atoms with E-state index in [1.807, 2.05) is 43.0 Å². The molecule has 130 valence electrons. The molecule has 2 aliphatic rings. The average molecular weight is 332 g/mol. The predicted molar refractivity (Wildman–Crippen MR) is 90.1 cm³/mol. The average Bonchev–Trinajstić information content (AvgIpc) is 2.54. The van der Waals surface area contributed by atoms with E-state index in [9.17, 15) is 9.59 Å². The van der Waals surface area contributed by atoms with Crippen molar-refractivity contribution in [2.24, 2.45) is 0 Å².